The third-order valence-corrected chi connectivity index (χ3v) is 1.89. The van der Waals surface area contributed by atoms with Crippen LogP contribution in [0.5, 0.6) is 0 Å². The molecule has 0 amide bonds. The maximum Gasteiger partial charge on any atom is 0.0655 e. The first kappa shape index (κ1) is 9.93. The van der Waals surface area contributed by atoms with Gasteiger partial charge in [0.05, 0.1) is 5.69 Å². The Morgan fingerprint density at radius 3 is 3.08 bits per heavy atom. The summed E-state index contributed by atoms with van der Waals surface area (Å²) in [6.45, 7) is 3.09. The summed E-state index contributed by atoms with van der Waals surface area (Å²) in [6, 6.07) is 4.03. The average Bonchev–Trinajstić information content (AvgIpc) is 2.15. The van der Waals surface area contributed by atoms with E-state index in [1.54, 1.807) is 0 Å². The SMILES string of the molecule is CNCCC=Cc1ncccc1C. The third kappa shape index (κ3) is 3.38. The Kier molecular flexibility index (Phi) is 4.19. The van der Waals surface area contributed by atoms with Crippen molar-refractivity contribution in [2.75, 3.05) is 13.6 Å². The molecule has 0 bridgehead atoms. The lowest BCUT2D eigenvalue weighted by Crippen LogP contribution is -2.05. The molecule has 2 nitrogen and oxygen atoms in total. The van der Waals surface area contributed by atoms with E-state index in [-0.39, 0.29) is 0 Å². The van der Waals surface area contributed by atoms with Gasteiger partial charge in [-0.05, 0) is 44.6 Å². The minimum atomic E-state index is 1.02. The second-order valence-electron chi connectivity index (χ2n) is 3.00. The van der Waals surface area contributed by atoms with Gasteiger partial charge in [0, 0.05) is 6.20 Å². The van der Waals surface area contributed by atoms with Gasteiger partial charge in [-0.25, -0.2) is 0 Å². The van der Waals surface area contributed by atoms with Crippen LogP contribution in [0.4, 0.5) is 0 Å². The Hall–Kier alpha value is -1.15. The molecular formula is C11H16N2. The van der Waals surface area contributed by atoms with Crippen LogP contribution in [0.1, 0.15) is 17.7 Å². The molecule has 0 spiro atoms. The third-order valence-electron chi connectivity index (χ3n) is 1.89. The minimum absolute atomic E-state index is 1.02. The zero-order valence-electron chi connectivity index (χ0n) is 8.25. The predicted molar refractivity (Wildman–Crippen MR) is 56.6 cm³/mol. The molecule has 0 fully saturated rings. The van der Waals surface area contributed by atoms with E-state index >= 15 is 0 Å². The number of hydrogen-bond donors (Lipinski definition) is 1. The van der Waals surface area contributed by atoms with Gasteiger partial charge >= 0.3 is 0 Å². The molecule has 0 radical (unpaired) electrons. The Balaban J connectivity index is 2.53. The highest BCUT2D eigenvalue weighted by molar-refractivity contribution is 5.48. The van der Waals surface area contributed by atoms with Gasteiger partial charge in [0.2, 0.25) is 0 Å². The fraction of sp³-hybridized carbons (Fsp3) is 0.364. The van der Waals surface area contributed by atoms with E-state index in [1.165, 1.54) is 5.56 Å². The number of rotatable bonds is 4. The molecule has 0 unspecified atom stereocenters. The number of aromatic nitrogens is 1. The second kappa shape index (κ2) is 5.49. The van der Waals surface area contributed by atoms with Crippen LogP contribution < -0.4 is 5.32 Å². The molecule has 13 heavy (non-hydrogen) atoms. The van der Waals surface area contributed by atoms with Crippen LogP contribution in [0, 0.1) is 6.92 Å². The maximum atomic E-state index is 4.27. The molecule has 0 aromatic carbocycles. The lowest BCUT2D eigenvalue weighted by molar-refractivity contribution is 0.809. The molecule has 2 heteroatoms. The zero-order valence-corrected chi connectivity index (χ0v) is 8.25. The Labute approximate surface area is 79.7 Å². The van der Waals surface area contributed by atoms with Crippen molar-refractivity contribution in [1.29, 1.82) is 0 Å². The van der Waals surface area contributed by atoms with Crippen molar-refractivity contribution in [3.05, 3.63) is 35.7 Å². The molecule has 0 aliphatic carbocycles. The molecule has 70 valence electrons. The summed E-state index contributed by atoms with van der Waals surface area (Å²) in [5.74, 6) is 0. The van der Waals surface area contributed by atoms with Crippen molar-refractivity contribution in [2.45, 2.75) is 13.3 Å². The van der Waals surface area contributed by atoms with Gasteiger partial charge in [-0.15, -0.1) is 0 Å². The zero-order chi connectivity index (χ0) is 9.52. The van der Waals surface area contributed by atoms with Gasteiger partial charge < -0.3 is 5.32 Å². The van der Waals surface area contributed by atoms with Crippen molar-refractivity contribution < 1.29 is 0 Å². The van der Waals surface area contributed by atoms with Crippen LogP contribution >= 0.6 is 0 Å². The maximum absolute atomic E-state index is 4.27. The number of pyridine rings is 1. The van der Waals surface area contributed by atoms with Gasteiger partial charge in [-0.1, -0.05) is 12.1 Å². The van der Waals surface area contributed by atoms with Crippen LogP contribution in [0.2, 0.25) is 0 Å². The highest BCUT2D eigenvalue weighted by Gasteiger charge is 1.91. The first-order chi connectivity index (χ1) is 6.34. The summed E-state index contributed by atoms with van der Waals surface area (Å²) in [6.07, 6.45) is 7.09. The monoisotopic (exact) mass is 176 g/mol. The van der Waals surface area contributed by atoms with Crippen LogP contribution in [-0.4, -0.2) is 18.6 Å². The molecule has 0 aliphatic heterocycles. The van der Waals surface area contributed by atoms with E-state index in [4.69, 9.17) is 0 Å². The van der Waals surface area contributed by atoms with Crippen molar-refractivity contribution in [2.24, 2.45) is 0 Å². The van der Waals surface area contributed by atoms with Crippen LogP contribution in [0.25, 0.3) is 6.08 Å². The van der Waals surface area contributed by atoms with Crippen LogP contribution in [0.15, 0.2) is 24.4 Å². The molecule has 1 rings (SSSR count). The molecule has 0 saturated carbocycles. The van der Waals surface area contributed by atoms with E-state index in [0.29, 0.717) is 0 Å². The first-order valence-electron chi connectivity index (χ1n) is 4.57. The highest BCUT2D eigenvalue weighted by atomic mass is 14.8. The Morgan fingerprint density at radius 1 is 1.54 bits per heavy atom. The number of nitrogens with zero attached hydrogens (tertiary/aromatic N) is 1. The Bertz CT molecular complexity index is 279. The lowest BCUT2D eigenvalue weighted by Gasteiger charge is -1.97. The first-order valence-corrected chi connectivity index (χ1v) is 4.57. The molecule has 0 saturated heterocycles. The molecule has 1 aromatic heterocycles. The van der Waals surface area contributed by atoms with E-state index in [1.807, 2.05) is 19.3 Å². The van der Waals surface area contributed by atoms with Crippen molar-refractivity contribution >= 4 is 6.08 Å². The van der Waals surface area contributed by atoms with Gasteiger partial charge in [0.1, 0.15) is 0 Å². The topological polar surface area (TPSA) is 24.9 Å². The summed E-state index contributed by atoms with van der Waals surface area (Å²) < 4.78 is 0. The number of nitrogens with one attached hydrogen (secondary N) is 1. The second-order valence-corrected chi connectivity index (χ2v) is 3.00. The fourth-order valence-electron chi connectivity index (χ4n) is 1.10. The smallest absolute Gasteiger partial charge is 0.0655 e. The van der Waals surface area contributed by atoms with Crippen LogP contribution in [0.3, 0.4) is 0 Å². The summed E-state index contributed by atoms with van der Waals surface area (Å²) in [5, 5.41) is 3.10. The average molecular weight is 176 g/mol. The molecule has 1 heterocycles. The molecule has 0 atom stereocenters. The summed E-state index contributed by atoms with van der Waals surface area (Å²) in [4.78, 5) is 4.27. The van der Waals surface area contributed by atoms with Crippen molar-refractivity contribution in [3.8, 4) is 0 Å². The number of aryl methyl sites for hydroxylation is 1. The van der Waals surface area contributed by atoms with E-state index in [2.05, 4.69) is 35.4 Å². The van der Waals surface area contributed by atoms with Crippen molar-refractivity contribution in [1.82, 2.24) is 10.3 Å². The summed E-state index contributed by atoms with van der Waals surface area (Å²) in [7, 11) is 1.96. The lowest BCUT2D eigenvalue weighted by atomic mass is 10.2. The minimum Gasteiger partial charge on any atom is -0.319 e. The van der Waals surface area contributed by atoms with Gasteiger partial charge in [-0.2, -0.15) is 0 Å². The van der Waals surface area contributed by atoms with Gasteiger partial charge in [0.15, 0.2) is 0 Å². The molecule has 0 aliphatic rings. The quantitative estimate of drug-likeness (QED) is 0.710. The summed E-state index contributed by atoms with van der Waals surface area (Å²) >= 11 is 0. The normalized spacial score (nSPS) is 10.9. The van der Waals surface area contributed by atoms with Crippen molar-refractivity contribution in [3.63, 3.8) is 0 Å². The Morgan fingerprint density at radius 2 is 2.38 bits per heavy atom. The van der Waals surface area contributed by atoms with E-state index < -0.39 is 0 Å². The highest BCUT2D eigenvalue weighted by Crippen LogP contribution is 2.05. The van der Waals surface area contributed by atoms with E-state index in [9.17, 15) is 0 Å². The van der Waals surface area contributed by atoms with Gasteiger partial charge in [0.25, 0.3) is 0 Å². The molecule has 1 aromatic rings. The van der Waals surface area contributed by atoms with Crippen LogP contribution in [-0.2, 0) is 0 Å². The fourth-order valence-corrected chi connectivity index (χ4v) is 1.10. The predicted octanol–water partition coefficient (Wildman–Crippen LogP) is 2.01. The number of hydrogen-bond acceptors (Lipinski definition) is 2. The largest absolute Gasteiger partial charge is 0.319 e. The van der Waals surface area contributed by atoms with Gasteiger partial charge in [-0.3, -0.25) is 4.98 Å². The van der Waals surface area contributed by atoms with E-state index in [0.717, 1.165) is 18.7 Å². The molecular weight excluding hydrogens is 160 g/mol. The summed E-state index contributed by atoms with van der Waals surface area (Å²) in [5.41, 5.74) is 2.29. The molecule has 1 N–H and O–H groups in total. The standard InChI is InChI=1S/C11H16N2/c1-10-6-5-9-13-11(10)7-3-4-8-12-2/h3,5-7,9,12H,4,8H2,1-2H3.